The summed E-state index contributed by atoms with van der Waals surface area (Å²) in [7, 11) is 1.56. The van der Waals surface area contributed by atoms with Crippen LogP contribution in [-0.4, -0.2) is 32.3 Å². The fourth-order valence-electron chi connectivity index (χ4n) is 1.72. The Morgan fingerprint density at radius 1 is 1.30 bits per heavy atom. The van der Waals surface area contributed by atoms with Gasteiger partial charge in [0.2, 0.25) is 5.91 Å². The van der Waals surface area contributed by atoms with Gasteiger partial charge in [-0.2, -0.15) is 0 Å². The van der Waals surface area contributed by atoms with Crippen LogP contribution < -0.4 is 11.1 Å². The number of amides is 1. The van der Waals surface area contributed by atoms with E-state index in [1.165, 1.54) is 0 Å². The second kappa shape index (κ2) is 9.47. The zero-order chi connectivity index (χ0) is 14.8. The number of nitrogens with two attached hydrogens (primary N) is 1. The molecular formula is C15H24N2O3. The van der Waals surface area contributed by atoms with E-state index < -0.39 is 0 Å². The third kappa shape index (κ3) is 6.14. The molecule has 3 N–H and O–H groups in total. The summed E-state index contributed by atoms with van der Waals surface area (Å²) in [6.45, 7) is 4.15. The molecule has 1 atom stereocenters. The molecule has 0 radical (unpaired) electrons. The van der Waals surface area contributed by atoms with Crippen molar-refractivity contribution in [2.75, 3.05) is 20.3 Å². The van der Waals surface area contributed by atoms with Crippen LogP contribution in [0, 0.1) is 0 Å². The summed E-state index contributed by atoms with van der Waals surface area (Å²) >= 11 is 0. The van der Waals surface area contributed by atoms with Crippen LogP contribution in [0.25, 0.3) is 0 Å². The van der Waals surface area contributed by atoms with E-state index in [0.29, 0.717) is 26.3 Å². The highest BCUT2D eigenvalue weighted by Gasteiger charge is 2.10. The molecule has 0 fully saturated rings. The second-order valence-electron chi connectivity index (χ2n) is 4.53. The Hall–Kier alpha value is -1.43. The lowest BCUT2D eigenvalue weighted by Crippen LogP contribution is -2.31. The molecule has 0 saturated heterocycles. The molecule has 0 heterocycles. The van der Waals surface area contributed by atoms with E-state index in [1.54, 1.807) is 7.11 Å². The summed E-state index contributed by atoms with van der Waals surface area (Å²) in [5, 5.41) is 2.85. The van der Waals surface area contributed by atoms with Gasteiger partial charge in [-0.25, -0.2) is 0 Å². The van der Waals surface area contributed by atoms with Gasteiger partial charge < -0.3 is 20.5 Å². The highest BCUT2D eigenvalue weighted by atomic mass is 16.5. The number of nitrogens with one attached hydrogen (secondary N) is 1. The van der Waals surface area contributed by atoms with Crippen LogP contribution in [0.4, 0.5) is 0 Å². The lowest BCUT2D eigenvalue weighted by atomic mass is 10.1. The topological polar surface area (TPSA) is 73.6 Å². The molecule has 1 unspecified atom stereocenters. The Kier molecular flexibility index (Phi) is 7.87. The maximum Gasteiger partial charge on any atom is 0.222 e. The van der Waals surface area contributed by atoms with Crippen molar-refractivity contribution in [3.05, 3.63) is 35.4 Å². The molecule has 0 aliphatic rings. The number of methoxy groups -OCH3 is 1. The fourth-order valence-corrected chi connectivity index (χ4v) is 1.72. The lowest BCUT2D eigenvalue weighted by molar-refractivity contribution is -0.123. The van der Waals surface area contributed by atoms with Gasteiger partial charge in [0.25, 0.3) is 0 Å². The van der Waals surface area contributed by atoms with Gasteiger partial charge in [-0.1, -0.05) is 24.3 Å². The first kappa shape index (κ1) is 16.6. The predicted molar refractivity (Wildman–Crippen MR) is 78.1 cm³/mol. The lowest BCUT2D eigenvalue weighted by Gasteiger charge is -2.12. The smallest absolute Gasteiger partial charge is 0.222 e. The van der Waals surface area contributed by atoms with Crippen LogP contribution >= 0.6 is 0 Å². The first-order valence-corrected chi connectivity index (χ1v) is 6.84. The quantitative estimate of drug-likeness (QED) is 0.713. The molecule has 1 amide bonds. The van der Waals surface area contributed by atoms with Crippen molar-refractivity contribution < 1.29 is 14.3 Å². The van der Waals surface area contributed by atoms with Gasteiger partial charge in [0.05, 0.1) is 19.1 Å². The minimum Gasteiger partial charge on any atom is -0.380 e. The molecule has 0 saturated carbocycles. The number of hydrogen-bond donors (Lipinski definition) is 2. The minimum absolute atomic E-state index is 0.0549. The summed E-state index contributed by atoms with van der Waals surface area (Å²) < 4.78 is 10.4. The monoisotopic (exact) mass is 280 g/mol. The van der Waals surface area contributed by atoms with Crippen molar-refractivity contribution in [3.8, 4) is 0 Å². The summed E-state index contributed by atoms with van der Waals surface area (Å²) in [6.07, 6.45) is 0.0682. The van der Waals surface area contributed by atoms with Gasteiger partial charge in [0, 0.05) is 26.8 Å². The fraction of sp³-hybridized carbons (Fsp3) is 0.533. The first-order valence-electron chi connectivity index (χ1n) is 6.84. The second-order valence-corrected chi connectivity index (χ2v) is 4.53. The molecule has 0 aliphatic carbocycles. The zero-order valence-corrected chi connectivity index (χ0v) is 12.2. The molecule has 0 spiro atoms. The SMILES string of the molecule is CCOCc1ccc(CNC(=O)CC(CN)OC)cc1. The minimum atomic E-state index is -0.219. The Bertz CT molecular complexity index is 389. The van der Waals surface area contributed by atoms with Crippen LogP contribution in [0.15, 0.2) is 24.3 Å². The number of benzene rings is 1. The zero-order valence-electron chi connectivity index (χ0n) is 12.2. The average Bonchev–Trinajstić information content (AvgIpc) is 2.49. The van der Waals surface area contributed by atoms with Crippen molar-refractivity contribution in [1.29, 1.82) is 0 Å². The molecule has 0 aromatic heterocycles. The molecule has 20 heavy (non-hydrogen) atoms. The van der Waals surface area contributed by atoms with E-state index in [4.69, 9.17) is 15.2 Å². The van der Waals surface area contributed by atoms with Gasteiger partial charge >= 0.3 is 0 Å². The maximum atomic E-state index is 11.7. The van der Waals surface area contributed by atoms with Crippen molar-refractivity contribution in [2.24, 2.45) is 5.73 Å². The summed E-state index contributed by atoms with van der Waals surface area (Å²) in [5.74, 6) is -0.0549. The third-order valence-electron chi connectivity index (χ3n) is 2.99. The normalized spacial score (nSPS) is 12.2. The van der Waals surface area contributed by atoms with Crippen LogP contribution in [0.1, 0.15) is 24.5 Å². The van der Waals surface area contributed by atoms with Crippen LogP contribution in [-0.2, 0) is 27.4 Å². The molecule has 1 rings (SSSR count). The predicted octanol–water partition coefficient (Wildman–Crippen LogP) is 1.20. The van der Waals surface area contributed by atoms with E-state index >= 15 is 0 Å². The molecule has 112 valence electrons. The maximum absolute atomic E-state index is 11.7. The Morgan fingerprint density at radius 2 is 1.95 bits per heavy atom. The van der Waals surface area contributed by atoms with Gasteiger partial charge in [-0.3, -0.25) is 4.79 Å². The van der Waals surface area contributed by atoms with Crippen molar-refractivity contribution >= 4 is 5.91 Å². The molecule has 5 nitrogen and oxygen atoms in total. The summed E-state index contributed by atoms with van der Waals surface area (Å²) in [6, 6.07) is 8.00. The average molecular weight is 280 g/mol. The van der Waals surface area contributed by atoms with Crippen LogP contribution in [0.5, 0.6) is 0 Å². The third-order valence-corrected chi connectivity index (χ3v) is 2.99. The van der Waals surface area contributed by atoms with Crippen LogP contribution in [0.3, 0.4) is 0 Å². The molecule has 5 heteroatoms. The van der Waals surface area contributed by atoms with Gasteiger partial charge in [-0.05, 0) is 18.1 Å². The number of hydrogen-bond acceptors (Lipinski definition) is 4. The Morgan fingerprint density at radius 3 is 2.50 bits per heavy atom. The van der Waals surface area contributed by atoms with E-state index in [1.807, 2.05) is 31.2 Å². The van der Waals surface area contributed by atoms with Gasteiger partial charge in [0.1, 0.15) is 0 Å². The van der Waals surface area contributed by atoms with Crippen molar-refractivity contribution in [2.45, 2.75) is 32.6 Å². The molecule has 1 aromatic carbocycles. The summed E-state index contributed by atoms with van der Waals surface area (Å²) in [4.78, 5) is 11.7. The van der Waals surface area contributed by atoms with E-state index in [2.05, 4.69) is 5.32 Å². The molecule has 1 aromatic rings. The first-order chi connectivity index (χ1) is 9.69. The molecular weight excluding hydrogens is 256 g/mol. The number of rotatable bonds is 9. The van der Waals surface area contributed by atoms with E-state index in [0.717, 1.165) is 11.1 Å². The number of ether oxygens (including phenoxy) is 2. The molecule has 0 bridgehead atoms. The Labute approximate surface area is 120 Å². The highest BCUT2D eigenvalue weighted by Crippen LogP contribution is 2.06. The van der Waals surface area contributed by atoms with Gasteiger partial charge in [-0.15, -0.1) is 0 Å². The van der Waals surface area contributed by atoms with E-state index in [-0.39, 0.29) is 18.4 Å². The highest BCUT2D eigenvalue weighted by molar-refractivity contribution is 5.76. The number of carbonyl (C=O) groups excluding carboxylic acids is 1. The molecule has 0 aliphatic heterocycles. The van der Waals surface area contributed by atoms with Gasteiger partial charge in [0.15, 0.2) is 0 Å². The van der Waals surface area contributed by atoms with E-state index in [9.17, 15) is 4.79 Å². The van der Waals surface area contributed by atoms with Crippen molar-refractivity contribution in [1.82, 2.24) is 5.32 Å². The van der Waals surface area contributed by atoms with Crippen LogP contribution in [0.2, 0.25) is 0 Å². The standard InChI is InChI=1S/C15H24N2O3/c1-3-20-11-13-6-4-12(5-7-13)10-17-15(18)8-14(9-16)19-2/h4-7,14H,3,8-11,16H2,1-2H3,(H,17,18). The van der Waals surface area contributed by atoms with Crippen molar-refractivity contribution in [3.63, 3.8) is 0 Å². The number of carbonyl (C=O) groups is 1. The largest absolute Gasteiger partial charge is 0.380 e. The summed E-state index contributed by atoms with van der Waals surface area (Å²) in [5.41, 5.74) is 7.66. The Balaban J connectivity index is 2.35.